The Morgan fingerprint density at radius 2 is 2.12 bits per heavy atom. The third-order valence-corrected chi connectivity index (χ3v) is 4.03. The average molecular weight is 296 g/mol. The maximum atomic E-state index is 4.74. The Labute approximate surface area is 111 Å². The molecule has 0 N–H and O–H groups in total. The van der Waals surface area contributed by atoms with Crippen molar-refractivity contribution in [3.8, 4) is 0 Å². The maximum Gasteiger partial charge on any atom is 0.135 e. The molecule has 2 heterocycles. The Hall–Kier alpha value is -0.640. The van der Waals surface area contributed by atoms with Crippen LogP contribution in [0.5, 0.6) is 0 Å². The zero-order chi connectivity index (χ0) is 11.8. The van der Waals surface area contributed by atoms with Crippen LogP contribution in [-0.2, 0) is 0 Å². The van der Waals surface area contributed by atoms with Gasteiger partial charge in [0.05, 0.1) is 0 Å². The zero-order valence-corrected chi connectivity index (χ0v) is 11.8. The average Bonchev–Trinajstić information content (AvgIpc) is 3.12. The van der Waals surface area contributed by atoms with Gasteiger partial charge in [-0.1, -0.05) is 6.92 Å². The second-order valence-corrected chi connectivity index (χ2v) is 6.19. The second kappa shape index (κ2) is 4.56. The summed E-state index contributed by atoms with van der Waals surface area (Å²) in [5.74, 6) is 3.54. The first-order valence-corrected chi connectivity index (χ1v) is 7.31. The summed E-state index contributed by atoms with van der Waals surface area (Å²) in [4.78, 5) is 11.6. The third-order valence-electron chi connectivity index (χ3n) is 3.62. The molecule has 4 heteroatoms. The van der Waals surface area contributed by atoms with E-state index in [1.54, 1.807) is 0 Å². The highest BCUT2D eigenvalue weighted by atomic mass is 79.9. The summed E-state index contributed by atoms with van der Waals surface area (Å²) in [6, 6.07) is 2.06. The minimum absolute atomic E-state index is 0.619. The molecule has 17 heavy (non-hydrogen) atoms. The van der Waals surface area contributed by atoms with Gasteiger partial charge < -0.3 is 4.90 Å². The number of anilines is 1. The molecule has 3 nitrogen and oxygen atoms in total. The molecule has 0 spiro atoms. The molecule has 1 aliphatic heterocycles. The summed E-state index contributed by atoms with van der Waals surface area (Å²) in [5.41, 5.74) is 0. The Morgan fingerprint density at radius 1 is 1.29 bits per heavy atom. The van der Waals surface area contributed by atoms with Gasteiger partial charge >= 0.3 is 0 Å². The normalized spacial score (nSPS) is 25.1. The van der Waals surface area contributed by atoms with Gasteiger partial charge in [-0.2, -0.15) is 0 Å². The molecule has 2 aliphatic rings. The van der Waals surface area contributed by atoms with Gasteiger partial charge in [-0.3, -0.25) is 0 Å². The first-order valence-electron chi connectivity index (χ1n) is 6.52. The number of nitrogens with zero attached hydrogens (tertiary/aromatic N) is 3. The van der Waals surface area contributed by atoms with Crippen molar-refractivity contribution in [3.63, 3.8) is 0 Å². The predicted molar refractivity (Wildman–Crippen MR) is 72.3 cm³/mol. The van der Waals surface area contributed by atoms with Crippen LogP contribution in [0.25, 0.3) is 0 Å². The lowest BCUT2D eigenvalue weighted by atomic mass is 10.0. The van der Waals surface area contributed by atoms with Crippen molar-refractivity contribution in [2.45, 2.75) is 38.5 Å². The highest BCUT2D eigenvalue weighted by Gasteiger charge is 2.28. The van der Waals surface area contributed by atoms with Crippen LogP contribution < -0.4 is 4.90 Å². The number of rotatable bonds is 2. The lowest BCUT2D eigenvalue weighted by Gasteiger charge is -2.32. The van der Waals surface area contributed by atoms with Crippen LogP contribution in [0.15, 0.2) is 10.7 Å². The molecular formula is C13H18BrN3. The minimum atomic E-state index is 0.619. The smallest absolute Gasteiger partial charge is 0.135 e. The van der Waals surface area contributed by atoms with Crippen molar-refractivity contribution >= 4 is 21.7 Å². The summed E-state index contributed by atoms with van der Waals surface area (Å²) < 4.78 is 0.933. The van der Waals surface area contributed by atoms with Crippen LogP contribution in [-0.4, -0.2) is 23.1 Å². The van der Waals surface area contributed by atoms with E-state index < -0.39 is 0 Å². The molecule has 1 saturated carbocycles. The molecule has 3 rings (SSSR count). The van der Waals surface area contributed by atoms with Gasteiger partial charge in [-0.25, -0.2) is 9.97 Å². The van der Waals surface area contributed by atoms with E-state index in [-0.39, 0.29) is 0 Å². The molecule has 0 bridgehead atoms. The van der Waals surface area contributed by atoms with Gasteiger partial charge in [0.2, 0.25) is 0 Å². The molecule has 1 aromatic rings. The summed E-state index contributed by atoms with van der Waals surface area (Å²) in [5, 5.41) is 0. The van der Waals surface area contributed by atoms with Crippen molar-refractivity contribution in [1.29, 1.82) is 0 Å². The van der Waals surface area contributed by atoms with Crippen molar-refractivity contribution in [3.05, 3.63) is 16.5 Å². The number of piperidine rings is 1. The van der Waals surface area contributed by atoms with E-state index in [2.05, 4.69) is 38.8 Å². The highest BCUT2D eigenvalue weighted by molar-refractivity contribution is 9.10. The van der Waals surface area contributed by atoms with Crippen LogP contribution in [0.4, 0.5) is 5.82 Å². The molecular weight excluding hydrogens is 278 g/mol. The number of halogens is 1. The molecule has 1 aromatic heterocycles. The summed E-state index contributed by atoms with van der Waals surface area (Å²) in [7, 11) is 0. The zero-order valence-electron chi connectivity index (χ0n) is 10.2. The fourth-order valence-corrected chi connectivity index (χ4v) is 2.89. The van der Waals surface area contributed by atoms with E-state index in [1.807, 2.05) is 0 Å². The minimum Gasteiger partial charge on any atom is -0.356 e. The van der Waals surface area contributed by atoms with Crippen LogP contribution in [0.2, 0.25) is 0 Å². The van der Waals surface area contributed by atoms with Crippen molar-refractivity contribution in [1.82, 2.24) is 9.97 Å². The quantitative estimate of drug-likeness (QED) is 0.784. The van der Waals surface area contributed by atoms with Gasteiger partial charge in [0.25, 0.3) is 0 Å². The Bertz CT molecular complexity index is 417. The molecule has 2 fully saturated rings. The van der Waals surface area contributed by atoms with Crippen molar-refractivity contribution in [2.24, 2.45) is 5.92 Å². The highest BCUT2D eigenvalue weighted by Crippen LogP contribution is 2.39. The largest absolute Gasteiger partial charge is 0.356 e. The van der Waals surface area contributed by atoms with E-state index in [0.717, 1.165) is 35.3 Å². The van der Waals surface area contributed by atoms with Gasteiger partial charge in [0.15, 0.2) is 0 Å². The predicted octanol–water partition coefficient (Wildman–Crippen LogP) is 3.35. The molecule has 1 saturated heterocycles. The fraction of sp³-hybridized carbons (Fsp3) is 0.692. The Balaban J connectivity index is 1.85. The van der Waals surface area contributed by atoms with E-state index in [1.165, 1.54) is 25.7 Å². The summed E-state index contributed by atoms with van der Waals surface area (Å²) >= 11 is 3.51. The van der Waals surface area contributed by atoms with Crippen LogP contribution in [0.3, 0.4) is 0 Å². The number of hydrogen-bond acceptors (Lipinski definition) is 3. The summed E-state index contributed by atoms with van der Waals surface area (Å²) in [6.45, 7) is 4.59. The van der Waals surface area contributed by atoms with Gasteiger partial charge in [-0.05, 0) is 47.5 Å². The maximum absolute atomic E-state index is 4.74. The fourth-order valence-electron chi connectivity index (χ4n) is 2.51. The topological polar surface area (TPSA) is 29.0 Å². The van der Waals surface area contributed by atoms with Crippen molar-refractivity contribution in [2.75, 3.05) is 18.0 Å². The first-order chi connectivity index (χ1) is 8.22. The monoisotopic (exact) mass is 295 g/mol. The molecule has 0 radical (unpaired) electrons. The second-order valence-electron chi connectivity index (χ2n) is 5.37. The van der Waals surface area contributed by atoms with Crippen LogP contribution in [0, 0.1) is 5.92 Å². The van der Waals surface area contributed by atoms with E-state index in [4.69, 9.17) is 4.98 Å². The molecule has 1 unspecified atom stereocenters. The van der Waals surface area contributed by atoms with E-state index >= 15 is 0 Å². The van der Waals surface area contributed by atoms with Crippen LogP contribution in [0.1, 0.15) is 44.3 Å². The van der Waals surface area contributed by atoms with Gasteiger partial charge in [0.1, 0.15) is 16.2 Å². The number of hydrogen-bond donors (Lipinski definition) is 0. The third kappa shape index (κ3) is 2.62. The molecule has 92 valence electrons. The molecule has 1 atom stereocenters. The number of aromatic nitrogens is 2. The van der Waals surface area contributed by atoms with Crippen LogP contribution >= 0.6 is 15.9 Å². The molecule has 1 aliphatic carbocycles. The van der Waals surface area contributed by atoms with Gasteiger partial charge in [-0.15, -0.1) is 0 Å². The lowest BCUT2D eigenvalue weighted by molar-refractivity contribution is 0.444. The molecule has 0 aromatic carbocycles. The summed E-state index contributed by atoms with van der Waals surface area (Å²) in [6.07, 6.45) is 5.14. The lowest BCUT2D eigenvalue weighted by Crippen LogP contribution is -2.35. The molecule has 0 amide bonds. The first kappa shape index (κ1) is 11.5. The Kier molecular flexibility index (Phi) is 3.07. The van der Waals surface area contributed by atoms with E-state index in [9.17, 15) is 0 Å². The van der Waals surface area contributed by atoms with Crippen molar-refractivity contribution < 1.29 is 0 Å². The van der Waals surface area contributed by atoms with E-state index in [0.29, 0.717) is 5.92 Å². The van der Waals surface area contributed by atoms with Gasteiger partial charge in [0, 0.05) is 25.1 Å². The SMILES string of the molecule is CC1CCCN(c2cc(Br)nc(C3CC3)n2)C1. The standard InChI is InChI=1S/C13H18BrN3/c1-9-3-2-6-17(8-9)12-7-11(14)15-13(16-12)10-4-5-10/h7,9-10H,2-6,8H2,1H3. The Morgan fingerprint density at radius 3 is 2.82 bits per heavy atom.